The highest BCUT2D eigenvalue weighted by Gasteiger charge is 2.26. The van der Waals surface area contributed by atoms with E-state index in [-0.39, 0.29) is 0 Å². The molecule has 0 aliphatic rings. The lowest BCUT2D eigenvalue weighted by molar-refractivity contribution is -0.124. The van der Waals surface area contributed by atoms with Gasteiger partial charge in [-0.15, -0.1) is 0 Å². The Morgan fingerprint density at radius 2 is 1.72 bits per heavy atom. The number of nitrogens with one attached hydrogen (secondary N) is 2. The van der Waals surface area contributed by atoms with Crippen molar-refractivity contribution in [2.24, 2.45) is 0 Å². The van der Waals surface area contributed by atoms with Crippen LogP contribution < -0.4 is 10.6 Å². The van der Waals surface area contributed by atoms with Crippen LogP contribution in [0, 0.1) is 11.6 Å². The molecule has 5 nitrogen and oxygen atoms in total. The molecule has 7 heteroatoms. The molecule has 140 valence electrons. The first-order valence-electron chi connectivity index (χ1n) is 8.04. The highest BCUT2D eigenvalue weighted by Crippen LogP contribution is 2.16. The van der Waals surface area contributed by atoms with Gasteiger partial charge in [-0.1, -0.05) is 6.07 Å². The molecule has 0 aliphatic heterocycles. The summed E-state index contributed by atoms with van der Waals surface area (Å²) in [6.07, 6.45) is -0.386. The van der Waals surface area contributed by atoms with Crippen LogP contribution in [0.15, 0.2) is 18.2 Å². The van der Waals surface area contributed by atoms with Gasteiger partial charge >= 0.3 is 6.09 Å². The fraction of sp³-hybridized carbons (Fsp3) is 0.556. The molecule has 2 amide bonds. The van der Waals surface area contributed by atoms with E-state index < -0.39 is 40.8 Å². The summed E-state index contributed by atoms with van der Waals surface area (Å²) in [5.41, 5.74) is -0.825. The van der Waals surface area contributed by atoms with Crippen LogP contribution in [0.4, 0.5) is 13.6 Å². The first-order chi connectivity index (χ1) is 11.3. The average molecular weight is 356 g/mol. The van der Waals surface area contributed by atoms with Crippen molar-refractivity contribution in [3.8, 4) is 0 Å². The first kappa shape index (κ1) is 20.9. The minimum absolute atomic E-state index is 0.301. The van der Waals surface area contributed by atoms with E-state index in [1.165, 1.54) is 13.0 Å². The number of alkyl carbamates (subject to hydrolysis) is 1. The van der Waals surface area contributed by atoms with E-state index >= 15 is 0 Å². The van der Waals surface area contributed by atoms with E-state index in [2.05, 4.69) is 10.6 Å². The summed E-state index contributed by atoms with van der Waals surface area (Å²) in [6.45, 7) is 10.2. The van der Waals surface area contributed by atoms with Gasteiger partial charge in [-0.05, 0) is 65.7 Å². The Labute approximate surface area is 147 Å². The van der Waals surface area contributed by atoms with E-state index in [1.807, 2.05) is 0 Å². The lowest BCUT2D eigenvalue weighted by Crippen LogP contribution is -2.53. The lowest BCUT2D eigenvalue weighted by atomic mass is 9.94. The van der Waals surface area contributed by atoms with Gasteiger partial charge in [0.15, 0.2) is 11.6 Å². The van der Waals surface area contributed by atoms with E-state index in [1.54, 1.807) is 34.6 Å². The maximum atomic E-state index is 13.3. The predicted molar refractivity (Wildman–Crippen MR) is 91.1 cm³/mol. The van der Waals surface area contributed by atoms with Crippen molar-refractivity contribution in [2.75, 3.05) is 0 Å². The van der Waals surface area contributed by atoms with Crippen molar-refractivity contribution in [3.63, 3.8) is 0 Å². The maximum Gasteiger partial charge on any atom is 0.408 e. The van der Waals surface area contributed by atoms with Gasteiger partial charge in [0.2, 0.25) is 5.91 Å². The van der Waals surface area contributed by atoms with Crippen LogP contribution in [0.25, 0.3) is 0 Å². The van der Waals surface area contributed by atoms with Gasteiger partial charge in [0.25, 0.3) is 0 Å². The van der Waals surface area contributed by atoms with Crippen molar-refractivity contribution in [3.05, 3.63) is 35.4 Å². The number of rotatable bonds is 5. The van der Waals surface area contributed by atoms with Crippen molar-refractivity contribution in [1.82, 2.24) is 10.6 Å². The van der Waals surface area contributed by atoms with E-state index in [0.29, 0.717) is 12.0 Å². The molecule has 0 heterocycles. The molecule has 0 aliphatic carbocycles. The number of ether oxygens (including phenoxy) is 1. The average Bonchev–Trinajstić information content (AvgIpc) is 2.39. The third kappa shape index (κ3) is 7.49. The largest absolute Gasteiger partial charge is 0.444 e. The summed E-state index contributed by atoms with van der Waals surface area (Å²) in [6, 6.07) is 2.81. The third-order valence-corrected chi connectivity index (χ3v) is 3.22. The SMILES string of the molecule is C[C@H](NC(=O)OC(C)(C)C)C(=O)NC(C)(C)Cc1ccc(F)c(F)c1. The third-order valence-electron chi connectivity index (χ3n) is 3.22. The molecule has 1 aromatic carbocycles. The minimum Gasteiger partial charge on any atom is -0.444 e. The quantitative estimate of drug-likeness (QED) is 0.850. The summed E-state index contributed by atoms with van der Waals surface area (Å²) in [5.74, 6) is -2.25. The summed E-state index contributed by atoms with van der Waals surface area (Å²) in [4.78, 5) is 24.0. The van der Waals surface area contributed by atoms with Crippen molar-refractivity contribution < 1.29 is 23.1 Å². The number of hydrogen-bond acceptors (Lipinski definition) is 3. The van der Waals surface area contributed by atoms with Crippen LogP contribution in [0.5, 0.6) is 0 Å². The number of benzene rings is 1. The van der Waals surface area contributed by atoms with Crippen molar-refractivity contribution >= 4 is 12.0 Å². The molecule has 0 aromatic heterocycles. The summed E-state index contributed by atoms with van der Waals surface area (Å²) < 4.78 is 31.4. The van der Waals surface area contributed by atoms with Crippen LogP contribution >= 0.6 is 0 Å². The van der Waals surface area contributed by atoms with Gasteiger partial charge < -0.3 is 15.4 Å². The Kier molecular flexibility index (Phi) is 6.51. The molecule has 0 spiro atoms. The van der Waals surface area contributed by atoms with Crippen molar-refractivity contribution in [1.29, 1.82) is 0 Å². The molecule has 0 radical (unpaired) electrons. The van der Waals surface area contributed by atoms with Crippen LogP contribution in [-0.2, 0) is 16.0 Å². The second-order valence-corrected chi connectivity index (χ2v) is 7.67. The van der Waals surface area contributed by atoms with Crippen molar-refractivity contribution in [2.45, 2.75) is 65.1 Å². The zero-order valence-electron chi connectivity index (χ0n) is 15.5. The number of halogens is 2. The molecular formula is C18H26F2N2O3. The molecule has 25 heavy (non-hydrogen) atoms. The van der Waals surface area contributed by atoms with Crippen LogP contribution in [-0.4, -0.2) is 29.2 Å². The molecule has 0 saturated heterocycles. The Morgan fingerprint density at radius 1 is 1.12 bits per heavy atom. The van der Waals surface area contributed by atoms with Crippen LogP contribution in [0.3, 0.4) is 0 Å². The second kappa shape index (κ2) is 7.80. The zero-order valence-corrected chi connectivity index (χ0v) is 15.5. The fourth-order valence-electron chi connectivity index (χ4n) is 2.20. The summed E-state index contributed by atoms with van der Waals surface area (Å²) >= 11 is 0. The maximum absolute atomic E-state index is 13.3. The molecule has 0 saturated carbocycles. The lowest BCUT2D eigenvalue weighted by Gasteiger charge is -2.29. The van der Waals surface area contributed by atoms with Crippen LogP contribution in [0.1, 0.15) is 47.1 Å². The number of carbonyl (C=O) groups excluding carboxylic acids is 2. The van der Waals surface area contributed by atoms with Crippen LogP contribution in [0.2, 0.25) is 0 Å². The summed E-state index contributed by atoms with van der Waals surface area (Å²) in [7, 11) is 0. The molecule has 2 N–H and O–H groups in total. The highest BCUT2D eigenvalue weighted by molar-refractivity contribution is 5.85. The molecule has 0 unspecified atom stereocenters. The van der Waals surface area contributed by atoms with E-state index in [9.17, 15) is 18.4 Å². The molecule has 1 atom stereocenters. The predicted octanol–water partition coefficient (Wildman–Crippen LogP) is 3.32. The van der Waals surface area contributed by atoms with Gasteiger partial charge in [0.1, 0.15) is 11.6 Å². The number of hydrogen-bond donors (Lipinski definition) is 2. The van der Waals surface area contributed by atoms with Gasteiger partial charge in [-0.25, -0.2) is 13.6 Å². The molecule has 1 aromatic rings. The number of amides is 2. The molecule has 1 rings (SSSR count). The van der Waals surface area contributed by atoms with Gasteiger partial charge in [-0.3, -0.25) is 4.79 Å². The molecule has 0 bridgehead atoms. The van der Waals surface area contributed by atoms with Gasteiger partial charge in [0, 0.05) is 5.54 Å². The first-order valence-corrected chi connectivity index (χ1v) is 8.04. The number of carbonyl (C=O) groups is 2. The van der Waals surface area contributed by atoms with E-state index in [4.69, 9.17) is 4.74 Å². The second-order valence-electron chi connectivity index (χ2n) is 7.67. The van der Waals surface area contributed by atoms with Gasteiger partial charge in [0.05, 0.1) is 0 Å². The molecular weight excluding hydrogens is 330 g/mol. The summed E-state index contributed by atoms with van der Waals surface area (Å²) in [5, 5.41) is 5.24. The Hall–Kier alpha value is -2.18. The topological polar surface area (TPSA) is 67.4 Å². The zero-order chi connectivity index (χ0) is 19.4. The monoisotopic (exact) mass is 356 g/mol. The Morgan fingerprint density at radius 3 is 2.24 bits per heavy atom. The molecule has 0 fully saturated rings. The Balaban J connectivity index is 2.63. The minimum atomic E-state index is -0.931. The Bertz CT molecular complexity index is 640. The smallest absolute Gasteiger partial charge is 0.408 e. The fourth-order valence-corrected chi connectivity index (χ4v) is 2.20. The van der Waals surface area contributed by atoms with E-state index in [0.717, 1.165) is 12.1 Å². The normalized spacial score (nSPS) is 13.1. The highest BCUT2D eigenvalue weighted by atomic mass is 19.2. The standard InChI is InChI=1S/C18H26F2N2O3/c1-11(21-16(24)25-17(2,3)4)15(23)22-18(5,6)10-12-7-8-13(19)14(20)9-12/h7-9,11H,10H2,1-6H3,(H,21,24)(H,22,23)/t11-/m0/s1. The van der Waals surface area contributed by atoms with Gasteiger partial charge in [-0.2, -0.15) is 0 Å².